The number of carbonyl (C=O) groups excluding carboxylic acids is 1. The highest BCUT2D eigenvalue weighted by atomic mass is 19.1. The van der Waals surface area contributed by atoms with E-state index in [1.807, 2.05) is 6.07 Å². The van der Waals surface area contributed by atoms with Crippen molar-refractivity contribution in [3.63, 3.8) is 0 Å². The van der Waals surface area contributed by atoms with E-state index in [9.17, 15) is 9.18 Å². The average molecular weight is 220 g/mol. The summed E-state index contributed by atoms with van der Waals surface area (Å²) in [6.45, 7) is 3.16. The molecule has 0 unspecified atom stereocenters. The van der Waals surface area contributed by atoms with Gasteiger partial charge < -0.3 is 10.1 Å². The molecule has 0 fully saturated rings. The molecular weight excluding hydrogens is 211 g/mol. The van der Waals surface area contributed by atoms with Gasteiger partial charge in [0.1, 0.15) is 11.9 Å². The summed E-state index contributed by atoms with van der Waals surface area (Å²) in [5, 5.41) is 11.4. The average Bonchev–Trinajstić information content (AvgIpc) is 2.19. The molecule has 0 atom stereocenters. The Morgan fingerprint density at radius 1 is 1.50 bits per heavy atom. The summed E-state index contributed by atoms with van der Waals surface area (Å²) < 4.78 is 18.5. The smallest absolute Gasteiger partial charge is 0.268 e. The van der Waals surface area contributed by atoms with E-state index >= 15 is 0 Å². The Bertz CT molecular complexity index is 517. The monoisotopic (exact) mass is 220 g/mol. The van der Waals surface area contributed by atoms with Crippen LogP contribution in [-0.4, -0.2) is 11.5 Å². The number of nitrogens with zero attached hydrogens (tertiary/aromatic N) is 1. The molecule has 1 aromatic carbocycles. The second-order valence-electron chi connectivity index (χ2n) is 4.01. The van der Waals surface area contributed by atoms with Gasteiger partial charge in [0.05, 0.1) is 11.3 Å². The van der Waals surface area contributed by atoms with Crippen molar-refractivity contribution in [3.8, 4) is 11.8 Å². The van der Waals surface area contributed by atoms with Crippen molar-refractivity contribution >= 4 is 11.6 Å². The van der Waals surface area contributed by atoms with Crippen LogP contribution in [0.5, 0.6) is 5.75 Å². The van der Waals surface area contributed by atoms with Gasteiger partial charge in [-0.25, -0.2) is 4.39 Å². The summed E-state index contributed by atoms with van der Waals surface area (Å²) >= 11 is 0. The van der Waals surface area contributed by atoms with Crippen LogP contribution in [0.4, 0.5) is 10.1 Å². The Morgan fingerprint density at radius 2 is 2.19 bits per heavy atom. The third-order valence-corrected chi connectivity index (χ3v) is 2.33. The van der Waals surface area contributed by atoms with Gasteiger partial charge in [0, 0.05) is 6.07 Å². The third kappa shape index (κ3) is 1.48. The van der Waals surface area contributed by atoms with Gasteiger partial charge in [-0.2, -0.15) is 5.26 Å². The minimum absolute atomic E-state index is 0.0723. The first-order valence-corrected chi connectivity index (χ1v) is 4.68. The van der Waals surface area contributed by atoms with Crippen molar-refractivity contribution in [2.45, 2.75) is 19.4 Å². The van der Waals surface area contributed by atoms with Crippen molar-refractivity contribution in [1.29, 1.82) is 5.26 Å². The van der Waals surface area contributed by atoms with Gasteiger partial charge in [-0.15, -0.1) is 0 Å². The zero-order chi connectivity index (χ0) is 11.9. The van der Waals surface area contributed by atoms with Gasteiger partial charge in [-0.05, 0) is 19.9 Å². The first-order chi connectivity index (χ1) is 7.44. The Kier molecular flexibility index (Phi) is 2.09. The number of nitrogens with one attached hydrogen (secondary N) is 1. The number of halogens is 1. The first kappa shape index (κ1) is 10.4. The minimum atomic E-state index is -1.06. The van der Waals surface area contributed by atoms with E-state index in [1.165, 1.54) is 0 Å². The normalized spacial score (nSPS) is 16.8. The molecule has 0 radical (unpaired) electrons. The van der Waals surface area contributed by atoms with Crippen LogP contribution in [0.2, 0.25) is 0 Å². The van der Waals surface area contributed by atoms with Crippen molar-refractivity contribution in [2.75, 3.05) is 5.32 Å². The van der Waals surface area contributed by atoms with E-state index in [-0.39, 0.29) is 22.9 Å². The van der Waals surface area contributed by atoms with Crippen LogP contribution in [0.25, 0.3) is 0 Å². The van der Waals surface area contributed by atoms with Gasteiger partial charge in [0.15, 0.2) is 11.4 Å². The van der Waals surface area contributed by atoms with Crippen LogP contribution in [0.15, 0.2) is 12.1 Å². The summed E-state index contributed by atoms with van der Waals surface area (Å²) in [4.78, 5) is 11.5. The number of benzene rings is 1. The molecule has 0 aliphatic carbocycles. The minimum Gasteiger partial charge on any atom is -0.474 e. The molecule has 1 aliphatic heterocycles. The van der Waals surface area contributed by atoms with Gasteiger partial charge in [-0.3, -0.25) is 4.79 Å². The molecule has 1 aromatic rings. The van der Waals surface area contributed by atoms with Crippen LogP contribution in [-0.2, 0) is 4.79 Å². The number of rotatable bonds is 0. The molecule has 1 amide bonds. The molecular formula is C11H9FN2O2. The number of hydrogen-bond acceptors (Lipinski definition) is 3. The lowest BCUT2D eigenvalue weighted by Crippen LogP contribution is -2.46. The third-order valence-electron chi connectivity index (χ3n) is 2.33. The van der Waals surface area contributed by atoms with Gasteiger partial charge in [-0.1, -0.05) is 0 Å². The fourth-order valence-corrected chi connectivity index (χ4v) is 1.45. The van der Waals surface area contributed by atoms with Crippen LogP contribution in [0.3, 0.4) is 0 Å². The van der Waals surface area contributed by atoms with Gasteiger partial charge in [0.2, 0.25) is 0 Å². The predicted molar refractivity (Wildman–Crippen MR) is 54.5 cm³/mol. The lowest BCUT2D eigenvalue weighted by Gasteiger charge is -2.31. The molecule has 0 aromatic heterocycles. The van der Waals surface area contributed by atoms with E-state index in [2.05, 4.69) is 5.32 Å². The summed E-state index contributed by atoms with van der Waals surface area (Å²) in [5.41, 5.74) is -0.792. The molecule has 16 heavy (non-hydrogen) atoms. The number of carbonyl (C=O) groups is 1. The lowest BCUT2D eigenvalue weighted by atomic mass is 10.0. The molecule has 82 valence electrons. The molecule has 0 saturated heterocycles. The lowest BCUT2D eigenvalue weighted by molar-refractivity contribution is -0.129. The fraction of sp³-hybridized carbons (Fsp3) is 0.273. The largest absolute Gasteiger partial charge is 0.474 e. The van der Waals surface area contributed by atoms with E-state index in [4.69, 9.17) is 10.00 Å². The SMILES string of the molecule is CC1(C)Oc2c(C#N)cc(F)cc2NC1=O. The highest BCUT2D eigenvalue weighted by molar-refractivity contribution is 6.00. The fourth-order valence-electron chi connectivity index (χ4n) is 1.45. The number of hydrogen-bond donors (Lipinski definition) is 1. The van der Waals surface area contributed by atoms with Crippen molar-refractivity contribution in [2.24, 2.45) is 0 Å². The van der Waals surface area contributed by atoms with Crippen LogP contribution in [0.1, 0.15) is 19.4 Å². The number of nitriles is 1. The Balaban J connectivity index is 2.61. The first-order valence-electron chi connectivity index (χ1n) is 4.68. The van der Waals surface area contributed by atoms with Crippen LogP contribution < -0.4 is 10.1 Å². The molecule has 1 aliphatic rings. The van der Waals surface area contributed by atoms with Crippen molar-refractivity contribution in [3.05, 3.63) is 23.5 Å². The number of ether oxygens (including phenoxy) is 1. The Morgan fingerprint density at radius 3 is 2.81 bits per heavy atom. The predicted octanol–water partition coefficient (Wildman–Crippen LogP) is 1.81. The van der Waals surface area contributed by atoms with Crippen molar-refractivity contribution in [1.82, 2.24) is 0 Å². The topological polar surface area (TPSA) is 62.1 Å². The zero-order valence-corrected chi connectivity index (χ0v) is 8.80. The summed E-state index contributed by atoms with van der Waals surface area (Å²) in [5.74, 6) is -0.734. The number of amides is 1. The quantitative estimate of drug-likeness (QED) is 0.725. The van der Waals surface area contributed by atoms with Crippen molar-refractivity contribution < 1.29 is 13.9 Å². The highest BCUT2D eigenvalue weighted by Crippen LogP contribution is 2.36. The summed E-state index contributed by atoms with van der Waals surface area (Å²) in [6.07, 6.45) is 0. The van der Waals surface area contributed by atoms with Crippen LogP contribution >= 0.6 is 0 Å². The highest BCUT2D eigenvalue weighted by Gasteiger charge is 2.36. The van der Waals surface area contributed by atoms with Crippen LogP contribution in [0, 0.1) is 17.1 Å². The van der Waals surface area contributed by atoms with E-state index in [0.29, 0.717) is 0 Å². The molecule has 2 rings (SSSR count). The molecule has 5 heteroatoms. The molecule has 0 spiro atoms. The van der Waals surface area contributed by atoms with E-state index < -0.39 is 11.4 Å². The summed E-state index contributed by atoms with van der Waals surface area (Å²) in [7, 11) is 0. The maximum absolute atomic E-state index is 13.1. The molecule has 1 N–H and O–H groups in total. The molecule has 1 heterocycles. The zero-order valence-electron chi connectivity index (χ0n) is 8.80. The van der Waals surface area contributed by atoms with E-state index in [0.717, 1.165) is 12.1 Å². The molecule has 4 nitrogen and oxygen atoms in total. The van der Waals surface area contributed by atoms with Gasteiger partial charge >= 0.3 is 0 Å². The molecule has 0 saturated carbocycles. The number of anilines is 1. The van der Waals surface area contributed by atoms with Gasteiger partial charge in [0.25, 0.3) is 5.91 Å². The second-order valence-corrected chi connectivity index (χ2v) is 4.01. The Labute approximate surface area is 91.6 Å². The molecule has 0 bridgehead atoms. The standard InChI is InChI=1S/C11H9FN2O2/c1-11(2)10(15)14-8-4-7(12)3-6(5-13)9(8)16-11/h3-4H,1-2H3,(H,14,15). The summed E-state index contributed by atoms with van der Waals surface area (Å²) in [6, 6.07) is 4.04. The maximum Gasteiger partial charge on any atom is 0.268 e. The maximum atomic E-state index is 13.1. The van der Waals surface area contributed by atoms with E-state index in [1.54, 1.807) is 13.8 Å². The second kappa shape index (κ2) is 3.20. The Hall–Kier alpha value is -2.09. The number of fused-ring (bicyclic) bond motifs is 1.